The molecule has 2 heteroatoms. The second-order valence-electron chi connectivity index (χ2n) is 6.63. The lowest BCUT2D eigenvalue weighted by molar-refractivity contribution is 0.268. The van der Waals surface area contributed by atoms with Crippen LogP contribution < -0.4 is 5.32 Å². The second kappa shape index (κ2) is 4.92. The van der Waals surface area contributed by atoms with Gasteiger partial charge in [0.15, 0.2) is 0 Å². The van der Waals surface area contributed by atoms with Crippen LogP contribution in [-0.4, -0.2) is 31.1 Å². The molecule has 2 aliphatic heterocycles. The fourth-order valence-corrected chi connectivity index (χ4v) is 4.50. The van der Waals surface area contributed by atoms with Gasteiger partial charge in [0, 0.05) is 25.7 Å². The van der Waals surface area contributed by atoms with E-state index in [1.54, 1.807) is 11.1 Å². The highest BCUT2D eigenvalue weighted by Gasteiger charge is 2.37. The molecule has 0 amide bonds. The molecule has 2 fully saturated rings. The average molecular weight is 256 g/mol. The minimum absolute atomic E-state index is 0.559. The van der Waals surface area contributed by atoms with E-state index >= 15 is 0 Å². The van der Waals surface area contributed by atoms with Gasteiger partial charge in [0.2, 0.25) is 0 Å². The van der Waals surface area contributed by atoms with E-state index < -0.39 is 0 Å². The van der Waals surface area contributed by atoms with Gasteiger partial charge in [0.1, 0.15) is 0 Å². The number of rotatable bonds is 2. The molecule has 0 bridgehead atoms. The fraction of sp³-hybridized carbons (Fsp3) is 0.647. The Morgan fingerprint density at radius 3 is 2.74 bits per heavy atom. The number of benzene rings is 1. The molecule has 4 rings (SSSR count). The van der Waals surface area contributed by atoms with Crippen LogP contribution in [-0.2, 0) is 6.42 Å². The van der Waals surface area contributed by atoms with Gasteiger partial charge in [0.05, 0.1) is 0 Å². The van der Waals surface area contributed by atoms with Crippen molar-refractivity contribution in [3.63, 3.8) is 0 Å². The summed E-state index contributed by atoms with van der Waals surface area (Å²) in [4.78, 5) is 2.72. The van der Waals surface area contributed by atoms with Crippen molar-refractivity contribution < 1.29 is 0 Å². The van der Waals surface area contributed by atoms with Gasteiger partial charge >= 0.3 is 0 Å². The monoisotopic (exact) mass is 256 g/mol. The molecule has 0 spiro atoms. The van der Waals surface area contributed by atoms with Crippen molar-refractivity contribution >= 4 is 0 Å². The van der Waals surface area contributed by atoms with Crippen LogP contribution in [0.1, 0.15) is 36.4 Å². The van der Waals surface area contributed by atoms with Crippen LogP contribution in [0.5, 0.6) is 0 Å². The van der Waals surface area contributed by atoms with Gasteiger partial charge in [-0.2, -0.15) is 0 Å². The molecule has 2 heterocycles. The van der Waals surface area contributed by atoms with E-state index in [4.69, 9.17) is 0 Å². The molecule has 3 atom stereocenters. The highest BCUT2D eigenvalue weighted by atomic mass is 15.2. The molecule has 1 saturated heterocycles. The van der Waals surface area contributed by atoms with Crippen LogP contribution in [0.4, 0.5) is 0 Å². The molecule has 1 saturated carbocycles. The van der Waals surface area contributed by atoms with Gasteiger partial charge in [0.25, 0.3) is 0 Å². The smallest absolute Gasteiger partial charge is 0.0452 e. The van der Waals surface area contributed by atoms with Gasteiger partial charge in [-0.3, -0.25) is 0 Å². The maximum atomic E-state index is 3.73. The second-order valence-corrected chi connectivity index (χ2v) is 6.63. The zero-order valence-electron chi connectivity index (χ0n) is 11.6. The Morgan fingerprint density at radius 2 is 1.89 bits per heavy atom. The maximum Gasteiger partial charge on any atom is 0.0452 e. The van der Waals surface area contributed by atoms with E-state index in [0.717, 1.165) is 18.4 Å². The van der Waals surface area contributed by atoms with Gasteiger partial charge in [-0.15, -0.1) is 0 Å². The van der Waals surface area contributed by atoms with Crippen molar-refractivity contribution in [3.8, 4) is 0 Å². The van der Waals surface area contributed by atoms with Crippen LogP contribution in [0.3, 0.4) is 0 Å². The van der Waals surface area contributed by atoms with E-state index in [9.17, 15) is 0 Å². The first kappa shape index (κ1) is 11.9. The molecule has 0 aromatic heterocycles. The highest BCUT2D eigenvalue weighted by molar-refractivity contribution is 5.32. The molecule has 19 heavy (non-hydrogen) atoms. The van der Waals surface area contributed by atoms with Crippen LogP contribution in [0.25, 0.3) is 0 Å². The summed E-state index contributed by atoms with van der Waals surface area (Å²) in [6.45, 7) is 5.06. The summed E-state index contributed by atoms with van der Waals surface area (Å²) in [6.07, 6.45) is 5.64. The summed E-state index contributed by atoms with van der Waals surface area (Å²) in [7, 11) is 0. The quantitative estimate of drug-likeness (QED) is 0.875. The first-order valence-corrected chi connectivity index (χ1v) is 7.94. The third kappa shape index (κ3) is 2.21. The molecular weight excluding hydrogens is 232 g/mol. The molecule has 1 aromatic carbocycles. The zero-order chi connectivity index (χ0) is 12.7. The van der Waals surface area contributed by atoms with Crippen molar-refractivity contribution in [1.82, 2.24) is 10.2 Å². The fourth-order valence-electron chi connectivity index (χ4n) is 4.50. The Bertz CT molecular complexity index is 444. The molecule has 3 aliphatic rings. The highest BCUT2D eigenvalue weighted by Crippen LogP contribution is 2.38. The van der Waals surface area contributed by atoms with Gasteiger partial charge in [-0.1, -0.05) is 30.7 Å². The zero-order valence-corrected chi connectivity index (χ0v) is 11.6. The molecule has 1 N–H and O–H groups in total. The van der Waals surface area contributed by atoms with Crippen molar-refractivity contribution in [2.45, 2.75) is 31.7 Å². The largest absolute Gasteiger partial charge is 0.309 e. The standard InChI is InChI=1S/C17H24N2/c1-2-7-16-13(4-1)8-9-18-17(16)12-19-10-14-5-3-6-15(14)11-19/h1-2,4,7,14-15,17-18H,3,5-6,8-12H2. The predicted molar refractivity (Wildman–Crippen MR) is 78.2 cm³/mol. The molecular formula is C17H24N2. The summed E-state index contributed by atoms with van der Waals surface area (Å²) in [5.74, 6) is 2.03. The van der Waals surface area contributed by atoms with Crippen LogP contribution in [0.15, 0.2) is 24.3 Å². The molecule has 0 radical (unpaired) electrons. The lowest BCUT2D eigenvalue weighted by Gasteiger charge is -2.30. The van der Waals surface area contributed by atoms with Crippen molar-refractivity contribution in [1.29, 1.82) is 0 Å². The summed E-state index contributed by atoms with van der Waals surface area (Å²) in [5.41, 5.74) is 3.11. The Kier molecular flexibility index (Phi) is 3.08. The third-order valence-electron chi connectivity index (χ3n) is 5.46. The van der Waals surface area contributed by atoms with Crippen molar-refractivity contribution in [2.75, 3.05) is 26.2 Å². The number of nitrogens with zero attached hydrogens (tertiary/aromatic N) is 1. The topological polar surface area (TPSA) is 15.3 Å². The van der Waals surface area contributed by atoms with Crippen LogP contribution in [0, 0.1) is 11.8 Å². The number of hydrogen-bond donors (Lipinski definition) is 1. The molecule has 1 aliphatic carbocycles. The van der Waals surface area contributed by atoms with E-state index in [2.05, 4.69) is 34.5 Å². The molecule has 2 nitrogen and oxygen atoms in total. The number of nitrogens with one attached hydrogen (secondary N) is 1. The Hall–Kier alpha value is -0.860. The molecule has 3 unspecified atom stereocenters. The first-order valence-electron chi connectivity index (χ1n) is 7.94. The Labute approximate surface area is 116 Å². The van der Waals surface area contributed by atoms with Gasteiger partial charge in [-0.05, 0) is 48.8 Å². The van der Waals surface area contributed by atoms with E-state index in [0.29, 0.717) is 6.04 Å². The first-order chi connectivity index (χ1) is 9.40. The normalized spacial score (nSPS) is 34.2. The van der Waals surface area contributed by atoms with Crippen LogP contribution in [0.2, 0.25) is 0 Å². The Balaban J connectivity index is 1.47. The molecule has 102 valence electrons. The summed E-state index contributed by atoms with van der Waals surface area (Å²) >= 11 is 0. The minimum atomic E-state index is 0.559. The third-order valence-corrected chi connectivity index (χ3v) is 5.46. The number of likely N-dealkylation sites (tertiary alicyclic amines) is 1. The van der Waals surface area contributed by atoms with E-state index in [1.165, 1.54) is 45.3 Å². The summed E-state index contributed by atoms with van der Waals surface area (Å²) in [5, 5.41) is 3.73. The Morgan fingerprint density at radius 1 is 1.11 bits per heavy atom. The number of fused-ring (bicyclic) bond motifs is 2. The number of hydrogen-bond acceptors (Lipinski definition) is 2. The molecule has 1 aromatic rings. The van der Waals surface area contributed by atoms with E-state index in [1.807, 2.05) is 0 Å². The minimum Gasteiger partial charge on any atom is -0.309 e. The summed E-state index contributed by atoms with van der Waals surface area (Å²) in [6, 6.07) is 9.56. The summed E-state index contributed by atoms with van der Waals surface area (Å²) < 4.78 is 0. The SMILES string of the molecule is c1ccc2c(c1)CCNC2CN1CC2CCCC2C1. The predicted octanol–water partition coefficient (Wildman–Crippen LogP) is 2.61. The maximum absolute atomic E-state index is 3.73. The van der Waals surface area contributed by atoms with Gasteiger partial charge < -0.3 is 10.2 Å². The lowest BCUT2D eigenvalue weighted by Crippen LogP contribution is -2.38. The van der Waals surface area contributed by atoms with Gasteiger partial charge in [-0.25, -0.2) is 0 Å². The van der Waals surface area contributed by atoms with Crippen LogP contribution >= 0.6 is 0 Å². The average Bonchev–Trinajstić information content (AvgIpc) is 3.00. The van der Waals surface area contributed by atoms with E-state index in [-0.39, 0.29) is 0 Å². The van der Waals surface area contributed by atoms with Crippen molar-refractivity contribution in [3.05, 3.63) is 35.4 Å². The van der Waals surface area contributed by atoms with Crippen molar-refractivity contribution in [2.24, 2.45) is 11.8 Å². The lowest BCUT2D eigenvalue weighted by atomic mass is 9.94.